The number of carbonyl (C=O) groups is 1. The lowest BCUT2D eigenvalue weighted by Crippen LogP contribution is -2.28. The highest BCUT2D eigenvalue weighted by Crippen LogP contribution is 2.26. The largest absolute Gasteiger partial charge is 0.497 e. The molecule has 0 unspecified atom stereocenters. The molecular formula is C20H20N2O4. The second-order valence-corrected chi connectivity index (χ2v) is 5.89. The zero-order valence-corrected chi connectivity index (χ0v) is 14.9. The molecule has 0 atom stereocenters. The molecule has 6 heteroatoms. The summed E-state index contributed by atoms with van der Waals surface area (Å²) in [7, 11) is 3.10. The monoisotopic (exact) mass is 352 g/mol. The minimum atomic E-state index is -0.309. The van der Waals surface area contributed by atoms with Crippen LogP contribution in [0.25, 0.3) is 10.9 Å². The number of aryl methyl sites for hydroxylation is 1. The molecule has 26 heavy (non-hydrogen) atoms. The van der Waals surface area contributed by atoms with Crippen LogP contribution in [0.4, 0.5) is 5.69 Å². The highest BCUT2D eigenvalue weighted by atomic mass is 16.5. The molecule has 6 nitrogen and oxygen atoms in total. The first-order chi connectivity index (χ1) is 12.5. The maximum Gasteiger partial charge on any atom is 0.251 e. The van der Waals surface area contributed by atoms with E-state index in [4.69, 9.17) is 9.47 Å². The number of pyridine rings is 1. The van der Waals surface area contributed by atoms with Gasteiger partial charge in [0.05, 0.1) is 19.7 Å². The van der Waals surface area contributed by atoms with Crippen molar-refractivity contribution >= 4 is 22.5 Å². The van der Waals surface area contributed by atoms with E-state index in [0.29, 0.717) is 22.7 Å². The predicted octanol–water partition coefficient (Wildman–Crippen LogP) is 2.97. The second-order valence-electron chi connectivity index (χ2n) is 5.89. The fourth-order valence-corrected chi connectivity index (χ4v) is 2.94. The third-order valence-corrected chi connectivity index (χ3v) is 4.17. The molecule has 0 saturated heterocycles. The quantitative estimate of drug-likeness (QED) is 0.766. The Hall–Kier alpha value is -3.28. The Morgan fingerprint density at radius 2 is 1.85 bits per heavy atom. The highest BCUT2D eigenvalue weighted by molar-refractivity contribution is 5.93. The maximum atomic E-state index is 12.5. The van der Waals surface area contributed by atoms with Crippen LogP contribution in [0.5, 0.6) is 11.5 Å². The molecule has 1 aromatic heterocycles. The van der Waals surface area contributed by atoms with Crippen molar-refractivity contribution in [2.24, 2.45) is 0 Å². The van der Waals surface area contributed by atoms with Crippen LogP contribution >= 0.6 is 0 Å². The average Bonchev–Trinajstić information content (AvgIpc) is 2.64. The Labute approximate surface area is 151 Å². The van der Waals surface area contributed by atoms with Crippen LogP contribution in [0.1, 0.15) is 5.56 Å². The van der Waals surface area contributed by atoms with E-state index in [9.17, 15) is 9.59 Å². The first kappa shape index (κ1) is 17.5. The van der Waals surface area contributed by atoms with Gasteiger partial charge in [-0.3, -0.25) is 14.2 Å². The van der Waals surface area contributed by atoms with Gasteiger partial charge in [-0.25, -0.2) is 0 Å². The summed E-state index contributed by atoms with van der Waals surface area (Å²) >= 11 is 0. The standard InChI is InChI=1S/C20H20N2O4/c1-13-10-19(24)22(20-16(13)8-5-9-17(20)26-3)12-18(23)21-14-6-4-7-15(11-14)25-2/h4-11H,12H2,1-3H3,(H,21,23). The average molecular weight is 352 g/mol. The molecule has 0 radical (unpaired) electrons. The molecule has 0 fully saturated rings. The topological polar surface area (TPSA) is 69.6 Å². The smallest absolute Gasteiger partial charge is 0.251 e. The first-order valence-electron chi connectivity index (χ1n) is 8.14. The number of hydrogen-bond donors (Lipinski definition) is 1. The van der Waals surface area contributed by atoms with Crippen molar-refractivity contribution < 1.29 is 14.3 Å². The number of para-hydroxylation sites is 1. The summed E-state index contributed by atoms with van der Waals surface area (Å²) in [6, 6.07) is 14.1. The molecule has 0 aliphatic heterocycles. The third kappa shape index (κ3) is 3.39. The molecule has 0 saturated carbocycles. The normalized spacial score (nSPS) is 10.6. The molecule has 0 spiro atoms. The van der Waals surface area contributed by atoms with Crippen molar-refractivity contribution in [1.82, 2.24) is 4.57 Å². The number of carbonyl (C=O) groups excluding carboxylic acids is 1. The van der Waals surface area contributed by atoms with Crippen LogP contribution in [0.15, 0.2) is 53.3 Å². The van der Waals surface area contributed by atoms with Gasteiger partial charge in [0.25, 0.3) is 5.56 Å². The number of nitrogens with one attached hydrogen (secondary N) is 1. The van der Waals surface area contributed by atoms with Gasteiger partial charge >= 0.3 is 0 Å². The van der Waals surface area contributed by atoms with Crippen molar-refractivity contribution in [2.75, 3.05) is 19.5 Å². The number of nitrogens with zero attached hydrogens (tertiary/aromatic N) is 1. The zero-order chi connectivity index (χ0) is 18.7. The van der Waals surface area contributed by atoms with Crippen molar-refractivity contribution in [3.63, 3.8) is 0 Å². The van der Waals surface area contributed by atoms with Gasteiger partial charge in [-0.1, -0.05) is 18.2 Å². The van der Waals surface area contributed by atoms with Crippen molar-refractivity contribution in [2.45, 2.75) is 13.5 Å². The molecule has 3 aromatic rings. The van der Waals surface area contributed by atoms with Crippen molar-refractivity contribution in [1.29, 1.82) is 0 Å². The number of ether oxygens (including phenoxy) is 2. The number of aromatic nitrogens is 1. The van der Waals surface area contributed by atoms with E-state index in [2.05, 4.69) is 5.32 Å². The van der Waals surface area contributed by atoms with Gasteiger partial charge in [0.1, 0.15) is 18.0 Å². The summed E-state index contributed by atoms with van der Waals surface area (Å²) in [4.78, 5) is 25.0. The molecule has 134 valence electrons. The van der Waals surface area contributed by atoms with E-state index in [0.717, 1.165) is 10.9 Å². The lowest BCUT2D eigenvalue weighted by Gasteiger charge is -2.15. The number of methoxy groups -OCH3 is 2. The maximum absolute atomic E-state index is 12.5. The number of fused-ring (bicyclic) bond motifs is 1. The van der Waals surface area contributed by atoms with E-state index >= 15 is 0 Å². The predicted molar refractivity (Wildman–Crippen MR) is 101 cm³/mol. The molecule has 1 amide bonds. The minimum absolute atomic E-state index is 0.118. The zero-order valence-electron chi connectivity index (χ0n) is 14.9. The van der Waals surface area contributed by atoms with E-state index in [1.807, 2.05) is 19.1 Å². The van der Waals surface area contributed by atoms with Crippen LogP contribution in [0, 0.1) is 6.92 Å². The lowest BCUT2D eigenvalue weighted by molar-refractivity contribution is -0.116. The van der Waals surface area contributed by atoms with E-state index < -0.39 is 0 Å². The van der Waals surface area contributed by atoms with Crippen LogP contribution < -0.4 is 20.3 Å². The van der Waals surface area contributed by atoms with Crippen LogP contribution in [-0.4, -0.2) is 24.7 Å². The number of benzene rings is 2. The SMILES string of the molecule is COc1cccc(NC(=O)Cn2c(=O)cc(C)c3cccc(OC)c32)c1. The third-order valence-electron chi connectivity index (χ3n) is 4.17. The summed E-state index contributed by atoms with van der Waals surface area (Å²) in [5.41, 5.74) is 1.81. The van der Waals surface area contributed by atoms with Gasteiger partial charge in [0, 0.05) is 23.2 Å². The van der Waals surface area contributed by atoms with E-state index in [-0.39, 0.29) is 18.0 Å². The molecule has 0 aliphatic carbocycles. The molecular weight excluding hydrogens is 332 g/mol. The Bertz CT molecular complexity index is 1020. The molecule has 3 rings (SSSR count). The van der Waals surface area contributed by atoms with Crippen LogP contribution in [-0.2, 0) is 11.3 Å². The number of amides is 1. The summed E-state index contributed by atoms with van der Waals surface area (Å²) in [5.74, 6) is 0.885. The summed E-state index contributed by atoms with van der Waals surface area (Å²) in [5, 5.41) is 3.66. The molecule has 2 aromatic carbocycles. The van der Waals surface area contributed by atoms with Gasteiger partial charge in [-0.05, 0) is 30.7 Å². The number of rotatable bonds is 5. The lowest BCUT2D eigenvalue weighted by atomic mass is 10.1. The van der Waals surface area contributed by atoms with Gasteiger partial charge < -0.3 is 14.8 Å². The van der Waals surface area contributed by atoms with Crippen LogP contribution in [0.2, 0.25) is 0 Å². The fourth-order valence-electron chi connectivity index (χ4n) is 2.94. The number of hydrogen-bond acceptors (Lipinski definition) is 4. The van der Waals surface area contributed by atoms with Gasteiger partial charge in [-0.2, -0.15) is 0 Å². The van der Waals surface area contributed by atoms with Gasteiger partial charge in [0.15, 0.2) is 0 Å². The van der Waals surface area contributed by atoms with Crippen molar-refractivity contribution in [3.8, 4) is 11.5 Å². The Kier molecular flexibility index (Phi) is 4.93. The first-order valence-corrected chi connectivity index (χ1v) is 8.14. The number of anilines is 1. The Morgan fingerprint density at radius 3 is 2.58 bits per heavy atom. The fraction of sp³-hybridized carbons (Fsp3) is 0.200. The molecule has 0 aliphatic rings. The Balaban J connectivity index is 1.97. The molecule has 1 heterocycles. The summed E-state index contributed by atoms with van der Waals surface area (Å²) in [6.45, 7) is 1.75. The molecule has 0 bridgehead atoms. The Morgan fingerprint density at radius 1 is 1.08 bits per heavy atom. The highest BCUT2D eigenvalue weighted by Gasteiger charge is 2.14. The van der Waals surface area contributed by atoms with Crippen molar-refractivity contribution in [3.05, 3.63) is 64.4 Å². The van der Waals surface area contributed by atoms with Gasteiger partial charge in [-0.15, -0.1) is 0 Å². The summed E-state index contributed by atoms with van der Waals surface area (Å²) in [6.07, 6.45) is 0. The van der Waals surface area contributed by atoms with E-state index in [1.165, 1.54) is 10.6 Å². The second kappa shape index (κ2) is 7.31. The van der Waals surface area contributed by atoms with E-state index in [1.54, 1.807) is 44.6 Å². The summed E-state index contributed by atoms with van der Waals surface area (Å²) < 4.78 is 12.0. The molecule has 1 N–H and O–H groups in total. The van der Waals surface area contributed by atoms with Gasteiger partial charge in [0.2, 0.25) is 5.91 Å². The van der Waals surface area contributed by atoms with Crippen LogP contribution in [0.3, 0.4) is 0 Å². The minimum Gasteiger partial charge on any atom is -0.497 e.